The summed E-state index contributed by atoms with van der Waals surface area (Å²) in [7, 11) is 2.68. The van der Waals surface area contributed by atoms with E-state index < -0.39 is 85.3 Å². The number of allylic oxidation sites excluding steroid dienone is 1. The number of hydrogen-bond acceptors (Lipinski definition) is 13. The highest BCUT2D eigenvalue weighted by Crippen LogP contribution is 2.37. The summed E-state index contributed by atoms with van der Waals surface area (Å²) >= 11 is 0. The zero-order valence-electron chi connectivity index (χ0n) is 25.7. The fourth-order valence-corrected chi connectivity index (χ4v) is 6.03. The molecule has 0 aromatic rings. The second-order valence-electron chi connectivity index (χ2n) is 11.1. The van der Waals surface area contributed by atoms with Crippen LogP contribution in [0.2, 0.25) is 0 Å². The molecule has 0 aliphatic carbocycles. The van der Waals surface area contributed by atoms with Crippen LogP contribution < -0.4 is 21.1 Å². The first-order valence-corrected chi connectivity index (χ1v) is 14.8. The molecule has 0 bridgehead atoms. The number of esters is 1. The van der Waals surface area contributed by atoms with E-state index in [2.05, 4.69) is 16.9 Å². The van der Waals surface area contributed by atoms with Crippen molar-refractivity contribution < 1.29 is 63.7 Å². The van der Waals surface area contributed by atoms with Gasteiger partial charge in [-0.25, -0.2) is 4.79 Å². The second kappa shape index (κ2) is 17.0. The molecule has 3 aliphatic rings. The number of aliphatic hydroxyl groups is 4. The second-order valence-corrected chi connectivity index (χ2v) is 11.1. The van der Waals surface area contributed by atoms with Gasteiger partial charge in [0.05, 0.1) is 69.1 Å². The molecule has 0 saturated carbocycles. The van der Waals surface area contributed by atoms with Crippen LogP contribution in [-0.2, 0) is 33.3 Å². The van der Waals surface area contributed by atoms with Crippen molar-refractivity contribution in [3.05, 3.63) is 36.6 Å². The standard InChI is InChI=1S/C29H46N4O12/c1-5-16-17(8-7-15-11-33(9-10-34)12-18(25(38)39)21(15)32-29(30)31-3)19(26(40)41-4)14-43-27(16)45-28-24(42-6-2)23(37)22(36)20(13-35)44-28/h5,7-8,14-18,20-24,27-28,34-37H,1,6,9-13H2,2-4H3,(H,38,39)(H3,30,31,32)/t15?,16-,17+,18?,20-,21?,22-,23+,24+,27-,28+/m1/s1. The highest BCUT2D eigenvalue weighted by Gasteiger charge is 2.48. The molecule has 3 heterocycles. The van der Waals surface area contributed by atoms with Crippen LogP contribution in [0, 0.1) is 23.7 Å². The Labute approximate surface area is 261 Å². The van der Waals surface area contributed by atoms with Crippen molar-refractivity contribution in [3.8, 4) is 0 Å². The summed E-state index contributed by atoms with van der Waals surface area (Å²) in [6, 6.07) is -0.720. The number of aliphatic imine (C=N–C) groups is 1. The van der Waals surface area contributed by atoms with Crippen LogP contribution in [0.5, 0.6) is 0 Å². The van der Waals surface area contributed by atoms with Crippen LogP contribution in [0.25, 0.3) is 0 Å². The third-order valence-corrected chi connectivity index (χ3v) is 8.38. The SMILES string of the molecule is C=C[C@H]1[C@@H](O[C@@H]2O[C@H](CO)[C@@H](O)[C@H](O)[C@@H]2OCC)OC=C(C(=O)OC)[C@H]1C=CC1C[NH+](CCO)CC(C(=O)[O-])C1NC(N)=NC. The average Bonchev–Trinajstić information content (AvgIpc) is 3.03. The van der Waals surface area contributed by atoms with E-state index >= 15 is 0 Å². The Hall–Kier alpha value is -3.09. The zero-order chi connectivity index (χ0) is 33.3. The van der Waals surface area contributed by atoms with Crippen molar-refractivity contribution in [2.75, 3.05) is 53.6 Å². The Balaban J connectivity index is 1.97. The molecule has 3 aliphatic heterocycles. The fraction of sp³-hybridized carbons (Fsp3) is 0.690. The van der Waals surface area contributed by atoms with Crippen LogP contribution in [0.3, 0.4) is 0 Å². The number of carboxylic acids is 1. The van der Waals surface area contributed by atoms with E-state index in [0.29, 0.717) is 13.1 Å². The van der Waals surface area contributed by atoms with Gasteiger partial charge in [0.15, 0.2) is 12.2 Å². The number of ether oxygens (including phenoxy) is 5. The lowest BCUT2D eigenvalue weighted by Crippen LogP contribution is -3.16. The number of piperidine rings is 1. The molecule has 0 radical (unpaired) electrons. The van der Waals surface area contributed by atoms with E-state index in [-0.39, 0.29) is 31.3 Å². The predicted molar refractivity (Wildman–Crippen MR) is 155 cm³/mol. The molecule has 45 heavy (non-hydrogen) atoms. The lowest BCUT2D eigenvalue weighted by molar-refractivity contribution is -0.911. The third kappa shape index (κ3) is 8.59. The summed E-state index contributed by atoms with van der Waals surface area (Å²) < 4.78 is 28.2. The van der Waals surface area contributed by atoms with Gasteiger partial charge < -0.3 is 70.0 Å². The molecule has 254 valence electrons. The summed E-state index contributed by atoms with van der Waals surface area (Å²) in [6.07, 6.45) is -1.45. The summed E-state index contributed by atoms with van der Waals surface area (Å²) in [4.78, 5) is 29.8. The van der Waals surface area contributed by atoms with E-state index in [1.165, 1.54) is 26.5 Å². The van der Waals surface area contributed by atoms with Gasteiger partial charge in [-0.2, -0.15) is 0 Å². The molecule has 0 aromatic carbocycles. The van der Waals surface area contributed by atoms with Gasteiger partial charge in [0.1, 0.15) is 31.0 Å². The van der Waals surface area contributed by atoms with Crippen molar-refractivity contribution in [1.82, 2.24) is 5.32 Å². The number of nitrogens with two attached hydrogens (primary N) is 1. The molecular weight excluding hydrogens is 596 g/mol. The van der Waals surface area contributed by atoms with Crippen LogP contribution in [-0.4, -0.2) is 135 Å². The number of guanidine groups is 1. The van der Waals surface area contributed by atoms with Crippen LogP contribution in [0.15, 0.2) is 41.6 Å². The monoisotopic (exact) mass is 642 g/mol. The Kier molecular flexibility index (Phi) is 13.7. The lowest BCUT2D eigenvalue weighted by atomic mass is 9.79. The summed E-state index contributed by atoms with van der Waals surface area (Å²) in [5, 5.41) is 55.4. The number of carbonyl (C=O) groups is 2. The maximum atomic E-state index is 12.8. The van der Waals surface area contributed by atoms with Crippen molar-refractivity contribution >= 4 is 17.9 Å². The third-order valence-electron chi connectivity index (χ3n) is 8.38. The number of carbonyl (C=O) groups excluding carboxylic acids is 2. The van der Waals surface area contributed by atoms with E-state index in [0.717, 1.165) is 4.90 Å². The highest BCUT2D eigenvalue weighted by molar-refractivity contribution is 5.89. The van der Waals surface area contributed by atoms with Crippen LogP contribution >= 0.6 is 0 Å². The Morgan fingerprint density at radius 1 is 1.24 bits per heavy atom. The highest BCUT2D eigenvalue weighted by atomic mass is 16.8. The normalized spacial score (nSPS) is 37.4. The smallest absolute Gasteiger partial charge is 0.337 e. The van der Waals surface area contributed by atoms with Gasteiger partial charge in [-0.1, -0.05) is 18.2 Å². The Morgan fingerprint density at radius 2 is 1.98 bits per heavy atom. The van der Waals surface area contributed by atoms with Crippen molar-refractivity contribution in [2.24, 2.45) is 34.4 Å². The number of nitrogens with zero attached hydrogens (tertiary/aromatic N) is 1. The molecule has 2 fully saturated rings. The number of quaternary nitrogens is 1. The van der Waals surface area contributed by atoms with Gasteiger partial charge in [0, 0.05) is 25.5 Å². The maximum Gasteiger partial charge on any atom is 0.337 e. The number of likely N-dealkylation sites (tertiary alicyclic amines) is 1. The van der Waals surface area contributed by atoms with Gasteiger partial charge in [-0.15, -0.1) is 6.58 Å². The van der Waals surface area contributed by atoms with Gasteiger partial charge in [0.2, 0.25) is 6.29 Å². The van der Waals surface area contributed by atoms with Crippen LogP contribution in [0.1, 0.15) is 6.92 Å². The zero-order valence-corrected chi connectivity index (χ0v) is 25.7. The Morgan fingerprint density at radius 3 is 2.56 bits per heavy atom. The van der Waals surface area contributed by atoms with E-state index in [4.69, 9.17) is 29.4 Å². The molecular formula is C29H46N4O12. The number of aliphatic carboxylic acids is 1. The van der Waals surface area contributed by atoms with E-state index in [1.54, 1.807) is 19.1 Å². The van der Waals surface area contributed by atoms with Crippen molar-refractivity contribution in [1.29, 1.82) is 0 Å². The molecule has 4 unspecified atom stereocenters. The maximum absolute atomic E-state index is 12.8. The Bertz CT molecular complexity index is 1100. The number of hydrogen-bond donors (Lipinski definition) is 7. The molecule has 0 aromatic heterocycles. The average molecular weight is 643 g/mol. The van der Waals surface area contributed by atoms with Gasteiger partial charge in [-0.05, 0) is 6.92 Å². The quantitative estimate of drug-likeness (QED) is 0.0431. The first-order chi connectivity index (χ1) is 21.5. The number of nitrogens with one attached hydrogen (secondary N) is 2. The van der Waals surface area contributed by atoms with Crippen molar-refractivity contribution in [2.45, 2.75) is 50.0 Å². The first kappa shape index (κ1) is 36.4. The minimum absolute atomic E-state index is 0.0405. The molecule has 8 N–H and O–H groups in total. The molecule has 3 rings (SSSR count). The van der Waals surface area contributed by atoms with Gasteiger partial charge in [-0.3, -0.25) is 4.99 Å². The summed E-state index contributed by atoms with van der Waals surface area (Å²) in [6.45, 7) is 5.92. The van der Waals surface area contributed by atoms with Gasteiger partial charge >= 0.3 is 5.97 Å². The van der Waals surface area contributed by atoms with E-state index in [1.807, 2.05) is 0 Å². The number of aliphatic hydroxyl groups excluding tert-OH is 4. The summed E-state index contributed by atoms with van der Waals surface area (Å²) in [5.74, 6) is -4.89. The molecule has 0 spiro atoms. The molecule has 12 atom stereocenters. The van der Waals surface area contributed by atoms with Crippen molar-refractivity contribution in [3.63, 3.8) is 0 Å². The number of carboxylic acid groups (broad SMARTS) is 1. The molecule has 16 heteroatoms. The molecule has 16 nitrogen and oxygen atoms in total. The predicted octanol–water partition coefficient (Wildman–Crippen LogP) is -4.99. The van der Waals surface area contributed by atoms with Crippen LogP contribution in [0.4, 0.5) is 0 Å². The minimum atomic E-state index is -1.45. The number of rotatable bonds is 13. The summed E-state index contributed by atoms with van der Waals surface area (Å²) in [5.41, 5.74) is 6.05. The molecule has 2 saturated heterocycles. The fourth-order valence-electron chi connectivity index (χ4n) is 6.03. The minimum Gasteiger partial charge on any atom is -0.550 e. The largest absolute Gasteiger partial charge is 0.550 e. The first-order valence-electron chi connectivity index (χ1n) is 14.8. The number of methoxy groups -OCH3 is 1. The van der Waals surface area contributed by atoms with E-state index in [9.17, 15) is 35.1 Å². The molecule has 0 amide bonds. The topological polar surface area (TPSA) is 239 Å². The lowest BCUT2D eigenvalue weighted by Gasteiger charge is -2.44. The van der Waals surface area contributed by atoms with Gasteiger partial charge in [0.25, 0.3) is 0 Å².